The Bertz CT molecular complexity index is 266. The Labute approximate surface area is 62.9 Å². The van der Waals surface area contributed by atoms with Crippen molar-refractivity contribution in [3.63, 3.8) is 0 Å². The Morgan fingerprint density at radius 3 is 2.90 bits per heavy atom. The molecule has 0 bridgehead atoms. The lowest BCUT2D eigenvalue weighted by atomic mass is 10.5. The minimum absolute atomic E-state index is 0.238. The van der Waals surface area contributed by atoms with Gasteiger partial charge in [0.15, 0.2) is 0 Å². The van der Waals surface area contributed by atoms with Gasteiger partial charge in [-0.1, -0.05) is 6.58 Å². The van der Waals surface area contributed by atoms with E-state index in [0.717, 1.165) is 0 Å². The maximum absolute atomic E-state index is 10.4. The molecule has 10 heavy (non-hydrogen) atoms. The molecule has 0 fully saturated rings. The molecule has 1 heterocycles. The standard InChI is InChI=1S/C6H5ClN2O/c1-2-9-4-3-5(8-9)6(7)10/h2-4H,1H2. The van der Waals surface area contributed by atoms with Crippen LogP contribution in [0, 0.1) is 0 Å². The summed E-state index contributed by atoms with van der Waals surface area (Å²) in [6, 6.07) is 1.52. The van der Waals surface area contributed by atoms with Crippen molar-refractivity contribution in [3.8, 4) is 0 Å². The maximum atomic E-state index is 10.4. The van der Waals surface area contributed by atoms with Crippen LogP contribution < -0.4 is 0 Å². The lowest BCUT2D eigenvalue weighted by Gasteiger charge is -1.84. The van der Waals surface area contributed by atoms with Crippen molar-refractivity contribution in [2.75, 3.05) is 0 Å². The van der Waals surface area contributed by atoms with Gasteiger partial charge in [0.05, 0.1) is 0 Å². The Morgan fingerprint density at radius 1 is 1.90 bits per heavy atom. The van der Waals surface area contributed by atoms with E-state index in [4.69, 9.17) is 11.6 Å². The third kappa shape index (κ3) is 1.25. The van der Waals surface area contributed by atoms with Crippen LogP contribution in [0.25, 0.3) is 6.20 Å². The maximum Gasteiger partial charge on any atom is 0.272 e. The normalized spacial score (nSPS) is 9.30. The van der Waals surface area contributed by atoms with E-state index in [-0.39, 0.29) is 5.69 Å². The van der Waals surface area contributed by atoms with Crippen LogP contribution in [0.3, 0.4) is 0 Å². The molecule has 0 spiro atoms. The number of hydrogen-bond acceptors (Lipinski definition) is 2. The molecular formula is C6H5ClN2O. The van der Waals surface area contributed by atoms with Crippen molar-refractivity contribution in [3.05, 3.63) is 24.5 Å². The van der Waals surface area contributed by atoms with Crippen molar-refractivity contribution in [1.82, 2.24) is 9.78 Å². The number of hydrogen-bond donors (Lipinski definition) is 0. The van der Waals surface area contributed by atoms with E-state index in [1.54, 1.807) is 6.20 Å². The van der Waals surface area contributed by atoms with Gasteiger partial charge in [0, 0.05) is 12.4 Å². The fourth-order valence-corrected chi connectivity index (χ4v) is 0.645. The molecule has 0 unspecified atom stereocenters. The summed E-state index contributed by atoms with van der Waals surface area (Å²) >= 11 is 5.12. The van der Waals surface area contributed by atoms with Gasteiger partial charge < -0.3 is 0 Å². The van der Waals surface area contributed by atoms with Gasteiger partial charge in [-0.2, -0.15) is 5.10 Å². The molecule has 1 rings (SSSR count). The van der Waals surface area contributed by atoms with Gasteiger partial charge in [-0.05, 0) is 17.7 Å². The first kappa shape index (κ1) is 7.02. The predicted molar refractivity (Wildman–Crippen MR) is 38.8 cm³/mol. The first-order valence-electron chi connectivity index (χ1n) is 2.61. The summed E-state index contributed by atoms with van der Waals surface area (Å²) < 4.78 is 1.41. The first-order chi connectivity index (χ1) is 4.74. The highest BCUT2D eigenvalue weighted by Gasteiger charge is 2.02. The predicted octanol–water partition coefficient (Wildman–Crippen LogP) is 1.36. The third-order valence-electron chi connectivity index (χ3n) is 0.997. The van der Waals surface area contributed by atoms with E-state index < -0.39 is 5.24 Å². The van der Waals surface area contributed by atoms with Crippen LogP contribution in [-0.4, -0.2) is 15.0 Å². The number of aromatic nitrogens is 2. The van der Waals surface area contributed by atoms with Crippen molar-refractivity contribution < 1.29 is 4.79 Å². The highest BCUT2D eigenvalue weighted by Crippen LogP contribution is 1.99. The second-order valence-corrected chi connectivity index (χ2v) is 1.98. The van der Waals surface area contributed by atoms with Crippen molar-refractivity contribution in [1.29, 1.82) is 0 Å². The minimum atomic E-state index is -0.555. The van der Waals surface area contributed by atoms with Crippen LogP contribution in [0.15, 0.2) is 18.8 Å². The van der Waals surface area contributed by atoms with Crippen molar-refractivity contribution in [2.24, 2.45) is 0 Å². The van der Waals surface area contributed by atoms with Gasteiger partial charge in [-0.3, -0.25) is 4.79 Å². The fourth-order valence-electron chi connectivity index (χ4n) is 0.545. The second kappa shape index (κ2) is 2.66. The Kier molecular flexibility index (Phi) is 1.87. The SMILES string of the molecule is C=Cn1ccc(C(=O)Cl)n1. The molecule has 52 valence electrons. The summed E-state index contributed by atoms with van der Waals surface area (Å²) in [6.45, 7) is 3.45. The van der Waals surface area contributed by atoms with Crippen LogP contribution in [0.4, 0.5) is 0 Å². The van der Waals surface area contributed by atoms with E-state index in [9.17, 15) is 4.79 Å². The fraction of sp³-hybridized carbons (Fsp3) is 0. The van der Waals surface area contributed by atoms with Gasteiger partial charge >= 0.3 is 0 Å². The van der Waals surface area contributed by atoms with E-state index >= 15 is 0 Å². The zero-order valence-electron chi connectivity index (χ0n) is 5.12. The lowest BCUT2D eigenvalue weighted by Crippen LogP contribution is -1.92. The second-order valence-electron chi connectivity index (χ2n) is 1.64. The summed E-state index contributed by atoms with van der Waals surface area (Å²) in [5.74, 6) is 0. The monoisotopic (exact) mass is 156 g/mol. The average molecular weight is 157 g/mol. The van der Waals surface area contributed by atoms with Crippen LogP contribution in [0.2, 0.25) is 0 Å². The first-order valence-corrected chi connectivity index (χ1v) is 2.99. The molecule has 0 aliphatic rings. The summed E-state index contributed by atoms with van der Waals surface area (Å²) in [7, 11) is 0. The van der Waals surface area contributed by atoms with E-state index in [0.29, 0.717) is 0 Å². The molecule has 1 aromatic rings. The molecule has 1 aromatic heterocycles. The summed E-state index contributed by atoms with van der Waals surface area (Å²) in [6.07, 6.45) is 3.08. The van der Waals surface area contributed by atoms with Gasteiger partial charge in [-0.25, -0.2) is 4.68 Å². The molecule has 0 saturated carbocycles. The number of nitrogens with zero attached hydrogens (tertiary/aromatic N) is 2. The molecule has 0 aromatic carbocycles. The molecule has 0 aliphatic heterocycles. The highest BCUT2D eigenvalue weighted by atomic mass is 35.5. The molecular weight excluding hydrogens is 152 g/mol. The van der Waals surface area contributed by atoms with Crippen LogP contribution in [-0.2, 0) is 0 Å². The Morgan fingerprint density at radius 2 is 2.60 bits per heavy atom. The van der Waals surface area contributed by atoms with E-state index in [1.165, 1.54) is 16.9 Å². The molecule has 0 radical (unpaired) electrons. The van der Waals surface area contributed by atoms with Crippen molar-refractivity contribution >= 4 is 23.0 Å². The minimum Gasteiger partial charge on any atom is -0.274 e. The molecule has 0 aliphatic carbocycles. The summed E-state index contributed by atoms with van der Waals surface area (Å²) in [4.78, 5) is 10.4. The number of halogens is 1. The highest BCUT2D eigenvalue weighted by molar-refractivity contribution is 6.67. The Balaban J connectivity index is 2.98. The smallest absolute Gasteiger partial charge is 0.272 e. The molecule has 0 amide bonds. The zero-order valence-corrected chi connectivity index (χ0v) is 5.88. The van der Waals surface area contributed by atoms with Crippen LogP contribution in [0.1, 0.15) is 10.5 Å². The quantitative estimate of drug-likeness (QED) is 0.606. The largest absolute Gasteiger partial charge is 0.274 e. The third-order valence-corrected chi connectivity index (χ3v) is 1.19. The van der Waals surface area contributed by atoms with Crippen LogP contribution >= 0.6 is 11.6 Å². The zero-order chi connectivity index (χ0) is 7.56. The Hall–Kier alpha value is -1.09. The van der Waals surface area contributed by atoms with Gasteiger partial charge in [-0.15, -0.1) is 0 Å². The molecule has 0 saturated heterocycles. The summed E-state index contributed by atoms with van der Waals surface area (Å²) in [5.41, 5.74) is 0.238. The van der Waals surface area contributed by atoms with Crippen molar-refractivity contribution in [2.45, 2.75) is 0 Å². The van der Waals surface area contributed by atoms with E-state index in [1.807, 2.05) is 0 Å². The van der Waals surface area contributed by atoms with Crippen LogP contribution in [0.5, 0.6) is 0 Å². The van der Waals surface area contributed by atoms with E-state index in [2.05, 4.69) is 11.7 Å². The molecule has 0 atom stereocenters. The number of carbonyl (C=O) groups is 1. The van der Waals surface area contributed by atoms with Gasteiger partial charge in [0.1, 0.15) is 5.69 Å². The lowest BCUT2D eigenvalue weighted by molar-refractivity contribution is 0.107. The van der Waals surface area contributed by atoms with Gasteiger partial charge in [0.25, 0.3) is 5.24 Å². The molecule has 4 heteroatoms. The topological polar surface area (TPSA) is 34.9 Å². The number of carbonyl (C=O) groups excluding carboxylic acids is 1. The number of rotatable bonds is 2. The van der Waals surface area contributed by atoms with Gasteiger partial charge in [0.2, 0.25) is 0 Å². The summed E-state index contributed by atoms with van der Waals surface area (Å²) in [5, 5.41) is 3.19. The molecule has 3 nitrogen and oxygen atoms in total. The average Bonchev–Trinajstić information content (AvgIpc) is 2.34. The molecule has 0 N–H and O–H groups in total.